The molecule has 4 heteroatoms. The molecule has 0 spiro atoms. The third-order valence-electron chi connectivity index (χ3n) is 4.09. The van der Waals surface area contributed by atoms with E-state index in [2.05, 4.69) is 16.9 Å². The summed E-state index contributed by atoms with van der Waals surface area (Å²) >= 11 is 0. The lowest BCUT2D eigenvalue weighted by Crippen LogP contribution is -2.25. The van der Waals surface area contributed by atoms with E-state index in [9.17, 15) is 4.79 Å². The average molecular weight is 245 g/mol. The second-order valence-electron chi connectivity index (χ2n) is 5.56. The first-order valence-corrected chi connectivity index (χ1v) is 6.72. The molecule has 0 aromatic carbocycles. The van der Waals surface area contributed by atoms with Crippen molar-refractivity contribution < 1.29 is 0 Å². The standard InChI is InChI=1S/C14H19N3O/c1-9-3-5-11(6-4-9)17-13-7-10(2)15-8-12(13)16-14(17)18/h7-9,11H,3-6H2,1-2H3,(H,16,18). The summed E-state index contributed by atoms with van der Waals surface area (Å²) in [7, 11) is 0. The Bertz CT molecular complexity index is 617. The van der Waals surface area contributed by atoms with Crippen LogP contribution in [-0.2, 0) is 0 Å². The third-order valence-corrected chi connectivity index (χ3v) is 4.09. The minimum atomic E-state index is 0.0111. The van der Waals surface area contributed by atoms with Crippen molar-refractivity contribution >= 4 is 11.0 Å². The molecule has 0 unspecified atom stereocenters. The molecule has 4 nitrogen and oxygen atoms in total. The Balaban J connectivity index is 2.08. The zero-order valence-electron chi connectivity index (χ0n) is 10.9. The highest BCUT2D eigenvalue weighted by Gasteiger charge is 2.22. The summed E-state index contributed by atoms with van der Waals surface area (Å²) in [4.78, 5) is 19.3. The predicted molar refractivity (Wildman–Crippen MR) is 71.8 cm³/mol. The Morgan fingerprint density at radius 1 is 1.33 bits per heavy atom. The number of nitrogens with zero attached hydrogens (tertiary/aromatic N) is 2. The number of pyridine rings is 1. The summed E-state index contributed by atoms with van der Waals surface area (Å²) in [6.45, 7) is 4.26. The maximum Gasteiger partial charge on any atom is 0.326 e. The van der Waals surface area contributed by atoms with Gasteiger partial charge in [-0.15, -0.1) is 0 Å². The molecule has 0 bridgehead atoms. The monoisotopic (exact) mass is 245 g/mol. The molecule has 0 aliphatic heterocycles. The van der Waals surface area contributed by atoms with Gasteiger partial charge < -0.3 is 4.98 Å². The van der Waals surface area contributed by atoms with Crippen molar-refractivity contribution in [1.82, 2.24) is 14.5 Å². The number of H-pyrrole nitrogens is 1. The van der Waals surface area contributed by atoms with Crippen LogP contribution in [0.1, 0.15) is 44.3 Å². The first-order chi connectivity index (χ1) is 8.65. The summed E-state index contributed by atoms with van der Waals surface area (Å²) in [5, 5.41) is 0. The number of rotatable bonds is 1. The van der Waals surface area contributed by atoms with Gasteiger partial charge in [0, 0.05) is 11.7 Å². The van der Waals surface area contributed by atoms with E-state index in [4.69, 9.17) is 0 Å². The van der Waals surface area contributed by atoms with Gasteiger partial charge in [0.2, 0.25) is 0 Å². The summed E-state index contributed by atoms with van der Waals surface area (Å²) in [6.07, 6.45) is 6.40. The van der Waals surface area contributed by atoms with Crippen molar-refractivity contribution in [3.8, 4) is 0 Å². The highest BCUT2D eigenvalue weighted by Crippen LogP contribution is 2.32. The molecule has 2 aromatic heterocycles. The van der Waals surface area contributed by atoms with Gasteiger partial charge in [0.25, 0.3) is 0 Å². The number of nitrogens with one attached hydrogen (secondary N) is 1. The van der Waals surface area contributed by atoms with Gasteiger partial charge in [-0.1, -0.05) is 6.92 Å². The molecule has 3 rings (SSSR count). The Kier molecular flexibility index (Phi) is 2.73. The van der Waals surface area contributed by atoms with Crippen molar-refractivity contribution in [1.29, 1.82) is 0 Å². The Labute approximate surface area is 106 Å². The molecule has 0 radical (unpaired) electrons. The molecule has 1 aliphatic rings. The van der Waals surface area contributed by atoms with Gasteiger partial charge in [0.15, 0.2) is 0 Å². The van der Waals surface area contributed by atoms with Crippen molar-refractivity contribution in [2.75, 3.05) is 0 Å². The lowest BCUT2D eigenvalue weighted by atomic mass is 9.87. The Morgan fingerprint density at radius 3 is 2.78 bits per heavy atom. The van der Waals surface area contributed by atoms with E-state index < -0.39 is 0 Å². The maximum atomic E-state index is 12.1. The molecule has 1 fully saturated rings. The topological polar surface area (TPSA) is 50.7 Å². The van der Waals surface area contributed by atoms with E-state index in [1.54, 1.807) is 6.20 Å². The molecular formula is C14H19N3O. The SMILES string of the molecule is Cc1cc2c(cn1)[nH]c(=O)n2C1CCC(C)CC1. The molecule has 0 atom stereocenters. The van der Waals surface area contributed by atoms with E-state index >= 15 is 0 Å². The summed E-state index contributed by atoms with van der Waals surface area (Å²) in [5.74, 6) is 0.797. The number of hydrogen-bond donors (Lipinski definition) is 1. The van der Waals surface area contributed by atoms with Gasteiger partial charge in [0.1, 0.15) is 0 Å². The van der Waals surface area contributed by atoms with Gasteiger partial charge >= 0.3 is 5.69 Å². The van der Waals surface area contributed by atoms with Crippen molar-refractivity contribution in [2.45, 2.75) is 45.6 Å². The third kappa shape index (κ3) is 1.85. The molecule has 1 saturated carbocycles. The number of fused-ring (bicyclic) bond motifs is 1. The van der Waals surface area contributed by atoms with Gasteiger partial charge in [0.05, 0.1) is 17.2 Å². The van der Waals surface area contributed by atoms with E-state index in [1.165, 1.54) is 12.8 Å². The van der Waals surface area contributed by atoms with Crippen LogP contribution in [-0.4, -0.2) is 14.5 Å². The average Bonchev–Trinajstić information content (AvgIpc) is 2.66. The number of aryl methyl sites for hydroxylation is 1. The predicted octanol–water partition coefficient (Wildman–Crippen LogP) is 2.78. The largest absolute Gasteiger partial charge is 0.326 e. The fraction of sp³-hybridized carbons (Fsp3) is 0.571. The number of aromatic nitrogens is 3. The fourth-order valence-corrected chi connectivity index (χ4v) is 2.99. The van der Waals surface area contributed by atoms with Gasteiger partial charge in [-0.25, -0.2) is 4.79 Å². The van der Waals surface area contributed by atoms with E-state index in [-0.39, 0.29) is 5.69 Å². The fourth-order valence-electron chi connectivity index (χ4n) is 2.99. The van der Waals surface area contributed by atoms with Crippen LogP contribution < -0.4 is 5.69 Å². The molecule has 1 N–H and O–H groups in total. The normalized spacial score (nSPS) is 24.6. The minimum absolute atomic E-state index is 0.0111. The number of aromatic amines is 1. The van der Waals surface area contributed by atoms with Crippen molar-refractivity contribution in [3.05, 3.63) is 28.4 Å². The highest BCUT2D eigenvalue weighted by molar-refractivity contribution is 5.74. The van der Waals surface area contributed by atoms with Crippen LogP contribution in [0.3, 0.4) is 0 Å². The highest BCUT2D eigenvalue weighted by atomic mass is 16.1. The van der Waals surface area contributed by atoms with Crippen LogP contribution in [0.5, 0.6) is 0 Å². The zero-order valence-corrected chi connectivity index (χ0v) is 10.9. The molecule has 1 aliphatic carbocycles. The van der Waals surface area contributed by atoms with Crippen molar-refractivity contribution in [2.24, 2.45) is 5.92 Å². The minimum Gasteiger partial charge on any atom is -0.304 e. The van der Waals surface area contributed by atoms with Crippen LogP contribution in [0.4, 0.5) is 0 Å². The Hall–Kier alpha value is -1.58. The summed E-state index contributed by atoms with van der Waals surface area (Å²) in [5.41, 5.74) is 2.83. The second kappa shape index (κ2) is 4.26. The maximum absolute atomic E-state index is 12.1. The molecule has 18 heavy (non-hydrogen) atoms. The lowest BCUT2D eigenvalue weighted by Gasteiger charge is -2.27. The number of hydrogen-bond acceptors (Lipinski definition) is 2. The summed E-state index contributed by atoms with van der Waals surface area (Å²) in [6, 6.07) is 2.36. The van der Waals surface area contributed by atoms with Crippen LogP contribution in [0, 0.1) is 12.8 Å². The van der Waals surface area contributed by atoms with E-state index in [0.717, 1.165) is 35.5 Å². The quantitative estimate of drug-likeness (QED) is 0.840. The molecule has 0 saturated heterocycles. The van der Waals surface area contributed by atoms with Crippen LogP contribution in [0.25, 0.3) is 11.0 Å². The smallest absolute Gasteiger partial charge is 0.304 e. The van der Waals surface area contributed by atoms with Crippen LogP contribution in [0.2, 0.25) is 0 Å². The van der Waals surface area contributed by atoms with Gasteiger partial charge in [-0.05, 0) is 44.6 Å². The van der Waals surface area contributed by atoms with Crippen molar-refractivity contribution in [3.63, 3.8) is 0 Å². The van der Waals surface area contributed by atoms with Gasteiger partial charge in [-0.3, -0.25) is 9.55 Å². The zero-order chi connectivity index (χ0) is 12.7. The molecule has 2 aromatic rings. The van der Waals surface area contributed by atoms with Crippen LogP contribution in [0.15, 0.2) is 17.1 Å². The van der Waals surface area contributed by atoms with E-state index in [1.807, 2.05) is 17.6 Å². The molecular weight excluding hydrogens is 226 g/mol. The lowest BCUT2D eigenvalue weighted by molar-refractivity contribution is 0.290. The Morgan fingerprint density at radius 2 is 2.06 bits per heavy atom. The number of imidazole rings is 1. The second-order valence-corrected chi connectivity index (χ2v) is 5.56. The first kappa shape index (κ1) is 11.5. The van der Waals surface area contributed by atoms with Crippen LogP contribution >= 0.6 is 0 Å². The first-order valence-electron chi connectivity index (χ1n) is 6.72. The molecule has 96 valence electrons. The summed E-state index contributed by atoms with van der Waals surface area (Å²) < 4.78 is 1.94. The molecule has 2 heterocycles. The van der Waals surface area contributed by atoms with E-state index in [0.29, 0.717) is 6.04 Å². The molecule has 0 amide bonds. The van der Waals surface area contributed by atoms with Gasteiger partial charge in [-0.2, -0.15) is 0 Å².